The van der Waals surface area contributed by atoms with Crippen LogP contribution in [0.1, 0.15) is 42.5 Å². The Morgan fingerprint density at radius 3 is 2.80 bits per heavy atom. The SMILES string of the molecule is Cc1cccc(OCCCC(=O)n2c(N)nnc2N2CCCCC2)c1. The van der Waals surface area contributed by atoms with Gasteiger partial charge in [-0.15, -0.1) is 10.2 Å². The van der Waals surface area contributed by atoms with E-state index < -0.39 is 0 Å². The van der Waals surface area contributed by atoms with Crippen LogP contribution in [0.15, 0.2) is 24.3 Å². The lowest BCUT2D eigenvalue weighted by Crippen LogP contribution is -2.33. The Hall–Kier alpha value is -2.57. The van der Waals surface area contributed by atoms with E-state index in [0.29, 0.717) is 25.4 Å². The fraction of sp³-hybridized carbons (Fsp3) is 0.500. The third-order valence-corrected chi connectivity index (χ3v) is 4.35. The van der Waals surface area contributed by atoms with E-state index >= 15 is 0 Å². The molecule has 1 saturated heterocycles. The molecule has 2 N–H and O–H groups in total. The molecule has 1 aromatic heterocycles. The first-order valence-electron chi connectivity index (χ1n) is 8.83. The van der Waals surface area contributed by atoms with Crippen molar-refractivity contribution >= 4 is 17.8 Å². The Labute approximate surface area is 147 Å². The average molecular weight is 343 g/mol. The fourth-order valence-corrected chi connectivity index (χ4v) is 3.06. The lowest BCUT2D eigenvalue weighted by Gasteiger charge is -2.27. The molecule has 25 heavy (non-hydrogen) atoms. The minimum atomic E-state index is -0.0871. The number of anilines is 2. The zero-order chi connectivity index (χ0) is 17.6. The maximum Gasteiger partial charge on any atom is 0.236 e. The van der Waals surface area contributed by atoms with E-state index in [1.807, 2.05) is 31.2 Å². The highest BCUT2D eigenvalue weighted by atomic mass is 16.5. The molecule has 0 amide bonds. The molecule has 0 unspecified atom stereocenters. The number of rotatable bonds is 6. The first kappa shape index (κ1) is 17.3. The Morgan fingerprint density at radius 1 is 1.24 bits per heavy atom. The van der Waals surface area contributed by atoms with E-state index in [9.17, 15) is 4.79 Å². The number of nitrogen functional groups attached to an aromatic ring is 1. The zero-order valence-corrected chi connectivity index (χ0v) is 14.6. The van der Waals surface area contributed by atoms with Crippen molar-refractivity contribution in [2.75, 3.05) is 30.3 Å². The van der Waals surface area contributed by atoms with Crippen molar-refractivity contribution in [3.8, 4) is 5.75 Å². The molecule has 0 saturated carbocycles. The molecule has 1 aliphatic rings. The number of hydrogen-bond donors (Lipinski definition) is 1. The Bertz CT molecular complexity index is 722. The lowest BCUT2D eigenvalue weighted by atomic mass is 10.1. The standard InChI is InChI=1S/C18H25N5O2/c1-14-7-5-8-15(13-14)25-12-6-9-16(24)23-17(19)20-21-18(23)22-10-3-2-4-11-22/h5,7-8,13H,2-4,6,9-12H2,1H3,(H2,19,20). The zero-order valence-electron chi connectivity index (χ0n) is 14.6. The summed E-state index contributed by atoms with van der Waals surface area (Å²) in [6, 6.07) is 7.88. The summed E-state index contributed by atoms with van der Waals surface area (Å²) in [6.45, 7) is 4.29. The average Bonchev–Trinajstić information content (AvgIpc) is 3.01. The first-order chi connectivity index (χ1) is 12.1. The Balaban J connectivity index is 1.55. The van der Waals surface area contributed by atoms with Crippen LogP contribution in [0, 0.1) is 6.92 Å². The highest BCUT2D eigenvalue weighted by Crippen LogP contribution is 2.20. The van der Waals surface area contributed by atoms with Crippen molar-refractivity contribution < 1.29 is 9.53 Å². The van der Waals surface area contributed by atoms with Crippen LogP contribution in [-0.4, -0.2) is 40.4 Å². The minimum absolute atomic E-state index is 0.0871. The van der Waals surface area contributed by atoms with E-state index in [-0.39, 0.29) is 11.9 Å². The second-order valence-electron chi connectivity index (χ2n) is 6.40. The monoisotopic (exact) mass is 343 g/mol. The van der Waals surface area contributed by atoms with E-state index in [2.05, 4.69) is 15.1 Å². The van der Waals surface area contributed by atoms with Crippen molar-refractivity contribution in [1.29, 1.82) is 0 Å². The van der Waals surface area contributed by atoms with E-state index in [1.54, 1.807) is 0 Å². The van der Waals surface area contributed by atoms with Gasteiger partial charge in [0.1, 0.15) is 5.75 Å². The van der Waals surface area contributed by atoms with Crippen molar-refractivity contribution in [2.24, 2.45) is 0 Å². The van der Waals surface area contributed by atoms with Crippen molar-refractivity contribution in [1.82, 2.24) is 14.8 Å². The molecule has 1 aromatic carbocycles. The maximum absolute atomic E-state index is 12.6. The van der Waals surface area contributed by atoms with Crippen LogP contribution >= 0.6 is 0 Å². The first-order valence-corrected chi connectivity index (χ1v) is 8.83. The van der Waals surface area contributed by atoms with Crippen LogP contribution in [0.3, 0.4) is 0 Å². The fourth-order valence-electron chi connectivity index (χ4n) is 3.06. The molecule has 0 atom stereocenters. The number of aromatic nitrogens is 3. The van der Waals surface area contributed by atoms with Crippen LogP contribution in [-0.2, 0) is 0 Å². The summed E-state index contributed by atoms with van der Waals surface area (Å²) < 4.78 is 7.14. The topological polar surface area (TPSA) is 86.3 Å². The van der Waals surface area contributed by atoms with Gasteiger partial charge in [-0.25, -0.2) is 4.57 Å². The molecule has 134 valence electrons. The highest BCUT2D eigenvalue weighted by molar-refractivity contribution is 5.84. The van der Waals surface area contributed by atoms with Gasteiger partial charge in [0.25, 0.3) is 0 Å². The number of aryl methyl sites for hydroxylation is 1. The van der Waals surface area contributed by atoms with Gasteiger partial charge in [-0.3, -0.25) is 4.79 Å². The normalized spacial score (nSPS) is 14.5. The van der Waals surface area contributed by atoms with Crippen molar-refractivity contribution in [3.05, 3.63) is 29.8 Å². The molecule has 0 aliphatic carbocycles. The number of carbonyl (C=O) groups is 1. The summed E-state index contributed by atoms with van der Waals surface area (Å²) in [7, 11) is 0. The van der Waals surface area contributed by atoms with Gasteiger partial charge >= 0.3 is 0 Å². The van der Waals surface area contributed by atoms with Gasteiger partial charge in [-0.2, -0.15) is 0 Å². The van der Waals surface area contributed by atoms with Gasteiger partial charge in [0, 0.05) is 19.5 Å². The predicted molar refractivity (Wildman–Crippen MR) is 97.0 cm³/mol. The number of carbonyl (C=O) groups excluding carboxylic acids is 1. The summed E-state index contributed by atoms with van der Waals surface area (Å²) >= 11 is 0. The summed E-state index contributed by atoms with van der Waals surface area (Å²) in [5, 5.41) is 8.00. The molecule has 7 nitrogen and oxygen atoms in total. The van der Waals surface area contributed by atoms with Gasteiger partial charge in [0.15, 0.2) is 0 Å². The Morgan fingerprint density at radius 2 is 2.04 bits per heavy atom. The number of piperidine rings is 1. The van der Waals surface area contributed by atoms with Crippen LogP contribution in [0.25, 0.3) is 0 Å². The van der Waals surface area contributed by atoms with Crippen molar-refractivity contribution in [3.63, 3.8) is 0 Å². The maximum atomic E-state index is 12.6. The largest absolute Gasteiger partial charge is 0.494 e. The van der Waals surface area contributed by atoms with E-state index in [0.717, 1.165) is 37.2 Å². The molecule has 0 radical (unpaired) electrons. The quantitative estimate of drug-likeness (QED) is 0.812. The number of nitrogens with two attached hydrogens (primary N) is 1. The second kappa shape index (κ2) is 8.00. The number of ether oxygens (including phenoxy) is 1. The number of hydrogen-bond acceptors (Lipinski definition) is 6. The van der Waals surface area contributed by atoms with Crippen LogP contribution < -0.4 is 15.4 Å². The van der Waals surface area contributed by atoms with Gasteiger partial charge in [0.2, 0.25) is 17.8 Å². The molecule has 1 fully saturated rings. The van der Waals surface area contributed by atoms with Gasteiger partial charge in [0.05, 0.1) is 6.61 Å². The summed E-state index contributed by atoms with van der Waals surface area (Å²) in [5.41, 5.74) is 7.02. The lowest BCUT2D eigenvalue weighted by molar-refractivity contribution is 0.0896. The smallest absolute Gasteiger partial charge is 0.236 e. The molecule has 3 rings (SSSR count). The third-order valence-electron chi connectivity index (χ3n) is 4.35. The molecular formula is C18H25N5O2. The molecular weight excluding hydrogens is 318 g/mol. The summed E-state index contributed by atoms with van der Waals surface area (Å²) in [6.07, 6.45) is 4.37. The third kappa shape index (κ3) is 4.29. The minimum Gasteiger partial charge on any atom is -0.494 e. The molecule has 7 heteroatoms. The van der Waals surface area contributed by atoms with Gasteiger partial charge < -0.3 is 15.4 Å². The number of nitrogens with zero attached hydrogens (tertiary/aromatic N) is 4. The van der Waals surface area contributed by atoms with Crippen LogP contribution in [0.2, 0.25) is 0 Å². The molecule has 2 heterocycles. The number of benzene rings is 1. The van der Waals surface area contributed by atoms with Crippen LogP contribution in [0.4, 0.5) is 11.9 Å². The molecule has 0 bridgehead atoms. The highest BCUT2D eigenvalue weighted by Gasteiger charge is 2.22. The van der Waals surface area contributed by atoms with Crippen molar-refractivity contribution in [2.45, 2.75) is 39.0 Å². The predicted octanol–water partition coefficient (Wildman–Crippen LogP) is 2.66. The van der Waals surface area contributed by atoms with E-state index in [4.69, 9.17) is 10.5 Å². The second-order valence-corrected chi connectivity index (χ2v) is 6.40. The Kier molecular flexibility index (Phi) is 5.53. The summed E-state index contributed by atoms with van der Waals surface area (Å²) in [4.78, 5) is 14.7. The molecule has 2 aromatic rings. The molecule has 1 aliphatic heterocycles. The summed E-state index contributed by atoms with van der Waals surface area (Å²) in [5.74, 6) is 1.47. The van der Waals surface area contributed by atoms with E-state index in [1.165, 1.54) is 11.0 Å². The molecule has 0 spiro atoms. The van der Waals surface area contributed by atoms with Gasteiger partial charge in [-0.05, 0) is 50.3 Å². The van der Waals surface area contributed by atoms with Crippen LogP contribution in [0.5, 0.6) is 5.75 Å². The van der Waals surface area contributed by atoms with Gasteiger partial charge in [-0.1, -0.05) is 12.1 Å².